The molecule has 0 heterocycles. The van der Waals surface area contributed by atoms with E-state index >= 15 is 0 Å². The summed E-state index contributed by atoms with van der Waals surface area (Å²) in [6, 6.07) is 7.54. The van der Waals surface area contributed by atoms with E-state index in [-0.39, 0.29) is 5.56 Å². The number of benzene rings is 1. The Hall–Kier alpha value is -1.25. The Bertz CT molecular complexity index is 277. The van der Waals surface area contributed by atoms with Gasteiger partial charge in [-0.2, -0.15) is 0 Å². The van der Waals surface area contributed by atoms with Gasteiger partial charge in [-0.1, -0.05) is 30.3 Å². The minimum atomic E-state index is -1.40. The zero-order chi connectivity index (χ0) is 8.97. The van der Waals surface area contributed by atoms with Crippen molar-refractivity contribution in [2.75, 3.05) is 6.67 Å². The molecule has 0 aliphatic heterocycles. The molecular weight excluding hydrogens is 165 g/mol. The van der Waals surface area contributed by atoms with Crippen molar-refractivity contribution >= 4 is 5.83 Å². The molecule has 0 radical (unpaired) electrons. The Balaban J connectivity index is 3.00. The minimum Gasteiger partial charge on any atom is -0.243 e. The van der Waals surface area contributed by atoms with E-state index < -0.39 is 18.3 Å². The quantitative estimate of drug-likeness (QED) is 0.642. The molecule has 3 heteroatoms. The van der Waals surface area contributed by atoms with Crippen LogP contribution in [0.1, 0.15) is 5.56 Å². The summed E-state index contributed by atoms with van der Waals surface area (Å²) in [6.45, 7) is -1.40. The number of hydrogen-bond donors (Lipinski definition) is 0. The first-order valence-electron chi connectivity index (χ1n) is 3.41. The largest absolute Gasteiger partial charge is 0.243 e. The fourth-order valence-corrected chi connectivity index (χ4v) is 0.800. The van der Waals surface area contributed by atoms with E-state index in [9.17, 15) is 13.2 Å². The molecule has 0 amide bonds. The number of allylic oxidation sites excluding steroid dienone is 1. The highest BCUT2D eigenvalue weighted by Crippen LogP contribution is 2.20. The summed E-state index contributed by atoms with van der Waals surface area (Å²) >= 11 is 0. The summed E-state index contributed by atoms with van der Waals surface area (Å²) < 4.78 is 36.8. The molecule has 0 unspecified atom stereocenters. The average Bonchev–Trinajstić information content (AvgIpc) is 2.17. The molecule has 0 nitrogen and oxygen atoms in total. The van der Waals surface area contributed by atoms with E-state index in [1.165, 1.54) is 12.1 Å². The second kappa shape index (κ2) is 3.95. The van der Waals surface area contributed by atoms with Crippen molar-refractivity contribution in [1.29, 1.82) is 0 Å². The fraction of sp³-hybridized carbons (Fsp3) is 0.111. The van der Waals surface area contributed by atoms with Gasteiger partial charge in [0.15, 0.2) is 11.7 Å². The zero-order valence-corrected chi connectivity index (χ0v) is 6.23. The molecule has 0 atom stereocenters. The van der Waals surface area contributed by atoms with Gasteiger partial charge in [0, 0.05) is 5.56 Å². The third kappa shape index (κ3) is 1.87. The maximum Gasteiger partial charge on any atom is 0.167 e. The third-order valence-corrected chi connectivity index (χ3v) is 1.38. The van der Waals surface area contributed by atoms with E-state index in [1.807, 2.05) is 0 Å². The van der Waals surface area contributed by atoms with Crippen molar-refractivity contribution in [3.63, 3.8) is 0 Å². The molecule has 1 aromatic rings. The maximum atomic E-state index is 12.8. The third-order valence-electron chi connectivity index (χ3n) is 1.38. The van der Waals surface area contributed by atoms with Crippen LogP contribution in [0.2, 0.25) is 0 Å². The first-order valence-corrected chi connectivity index (χ1v) is 3.41. The maximum absolute atomic E-state index is 12.8. The highest BCUT2D eigenvalue weighted by molar-refractivity contribution is 5.60. The molecule has 0 aliphatic rings. The van der Waals surface area contributed by atoms with Gasteiger partial charge in [0.1, 0.15) is 6.67 Å². The van der Waals surface area contributed by atoms with Gasteiger partial charge in [-0.25, -0.2) is 13.2 Å². The first-order chi connectivity index (χ1) is 5.75. The fourth-order valence-electron chi connectivity index (χ4n) is 0.800. The Labute approximate surface area is 68.3 Å². The topological polar surface area (TPSA) is 0 Å². The number of alkyl halides is 1. The van der Waals surface area contributed by atoms with Gasteiger partial charge in [-0.15, -0.1) is 0 Å². The summed E-state index contributed by atoms with van der Waals surface area (Å²) in [4.78, 5) is 0. The molecule has 1 rings (SSSR count). The van der Waals surface area contributed by atoms with Crippen molar-refractivity contribution in [1.82, 2.24) is 0 Å². The SMILES string of the molecule is FC/C(F)=C(/F)c1ccccc1. The van der Waals surface area contributed by atoms with Crippen LogP contribution in [-0.2, 0) is 0 Å². The molecule has 0 fully saturated rings. The molecule has 0 aromatic heterocycles. The number of rotatable bonds is 2. The van der Waals surface area contributed by atoms with Gasteiger partial charge >= 0.3 is 0 Å². The molecule has 1 aromatic carbocycles. The lowest BCUT2D eigenvalue weighted by Gasteiger charge is -1.96. The summed E-state index contributed by atoms with van der Waals surface area (Å²) in [6.07, 6.45) is 0. The van der Waals surface area contributed by atoms with E-state index in [2.05, 4.69) is 0 Å². The van der Waals surface area contributed by atoms with E-state index in [1.54, 1.807) is 18.2 Å². The molecule has 64 valence electrons. The van der Waals surface area contributed by atoms with Crippen molar-refractivity contribution in [2.24, 2.45) is 0 Å². The molecule has 0 bridgehead atoms. The van der Waals surface area contributed by atoms with Crippen LogP contribution >= 0.6 is 0 Å². The lowest BCUT2D eigenvalue weighted by atomic mass is 10.2. The lowest BCUT2D eigenvalue weighted by molar-refractivity contribution is 0.451. The molecule has 0 spiro atoms. The standard InChI is InChI=1S/C9H7F3/c10-6-8(11)9(12)7-4-2-1-3-5-7/h1-5H,6H2/b9-8-. The van der Waals surface area contributed by atoms with Gasteiger partial charge in [-0.3, -0.25) is 0 Å². The predicted octanol–water partition coefficient (Wildman–Crippen LogP) is 3.26. The lowest BCUT2D eigenvalue weighted by Crippen LogP contribution is -1.83. The monoisotopic (exact) mass is 172 g/mol. The van der Waals surface area contributed by atoms with Crippen LogP contribution in [0.15, 0.2) is 36.2 Å². The van der Waals surface area contributed by atoms with Gasteiger partial charge in [0.25, 0.3) is 0 Å². The van der Waals surface area contributed by atoms with Crippen LogP contribution in [0, 0.1) is 0 Å². The Morgan fingerprint density at radius 3 is 2.17 bits per heavy atom. The number of halogens is 3. The van der Waals surface area contributed by atoms with Crippen LogP contribution in [-0.4, -0.2) is 6.67 Å². The first kappa shape index (κ1) is 8.84. The summed E-state index contributed by atoms with van der Waals surface area (Å²) in [5, 5.41) is 0. The Morgan fingerprint density at radius 1 is 1.08 bits per heavy atom. The minimum absolute atomic E-state index is 0.0626. The molecule has 0 saturated heterocycles. The molecule has 0 N–H and O–H groups in total. The van der Waals surface area contributed by atoms with Crippen LogP contribution in [0.5, 0.6) is 0 Å². The van der Waals surface area contributed by atoms with Crippen LogP contribution in [0.25, 0.3) is 5.83 Å². The summed E-state index contributed by atoms with van der Waals surface area (Å²) in [5.74, 6) is -2.49. The van der Waals surface area contributed by atoms with E-state index in [4.69, 9.17) is 0 Å². The number of hydrogen-bond acceptors (Lipinski definition) is 0. The predicted molar refractivity (Wildman–Crippen MR) is 41.6 cm³/mol. The van der Waals surface area contributed by atoms with Gasteiger partial charge in [0.2, 0.25) is 0 Å². The Kier molecular flexibility index (Phi) is 2.91. The molecule has 0 saturated carbocycles. The van der Waals surface area contributed by atoms with Gasteiger partial charge in [-0.05, 0) is 0 Å². The van der Waals surface area contributed by atoms with Crippen molar-refractivity contribution in [3.05, 3.63) is 41.7 Å². The highest BCUT2D eigenvalue weighted by Gasteiger charge is 2.06. The van der Waals surface area contributed by atoms with E-state index in [0.717, 1.165) is 0 Å². The van der Waals surface area contributed by atoms with Crippen molar-refractivity contribution < 1.29 is 13.2 Å². The van der Waals surface area contributed by atoms with Gasteiger partial charge in [0.05, 0.1) is 0 Å². The van der Waals surface area contributed by atoms with Crippen molar-refractivity contribution in [3.8, 4) is 0 Å². The van der Waals surface area contributed by atoms with Crippen LogP contribution in [0.4, 0.5) is 13.2 Å². The highest BCUT2D eigenvalue weighted by atomic mass is 19.2. The second-order valence-electron chi connectivity index (χ2n) is 2.22. The smallest absolute Gasteiger partial charge is 0.167 e. The molecule has 0 aliphatic carbocycles. The Morgan fingerprint density at radius 2 is 1.67 bits per heavy atom. The van der Waals surface area contributed by atoms with Crippen LogP contribution < -0.4 is 0 Å². The molecule has 12 heavy (non-hydrogen) atoms. The van der Waals surface area contributed by atoms with E-state index in [0.29, 0.717) is 0 Å². The summed E-state index contributed by atoms with van der Waals surface area (Å²) in [5.41, 5.74) is 0.0626. The molecular formula is C9H7F3. The second-order valence-corrected chi connectivity index (χ2v) is 2.22. The van der Waals surface area contributed by atoms with Gasteiger partial charge < -0.3 is 0 Å². The van der Waals surface area contributed by atoms with Crippen molar-refractivity contribution in [2.45, 2.75) is 0 Å². The van der Waals surface area contributed by atoms with Crippen LogP contribution in [0.3, 0.4) is 0 Å². The zero-order valence-electron chi connectivity index (χ0n) is 6.23. The normalized spacial score (nSPS) is 12.6. The summed E-state index contributed by atoms with van der Waals surface area (Å²) in [7, 11) is 0. The average molecular weight is 172 g/mol.